The van der Waals surface area contributed by atoms with E-state index >= 15 is 0 Å². The van der Waals surface area contributed by atoms with Gasteiger partial charge in [-0.3, -0.25) is 0 Å². The van der Waals surface area contributed by atoms with E-state index in [9.17, 15) is 5.26 Å². The van der Waals surface area contributed by atoms with Crippen molar-refractivity contribution in [3.63, 3.8) is 0 Å². The van der Waals surface area contributed by atoms with E-state index in [1.807, 2.05) is 32.9 Å². The van der Waals surface area contributed by atoms with E-state index in [1.165, 1.54) is 0 Å². The van der Waals surface area contributed by atoms with Crippen LogP contribution in [0.1, 0.15) is 38.7 Å². The van der Waals surface area contributed by atoms with Crippen molar-refractivity contribution >= 4 is 29.3 Å². The van der Waals surface area contributed by atoms with Gasteiger partial charge in [-0.1, -0.05) is 0 Å². The lowest BCUT2D eigenvalue weighted by molar-refractivity contribution is 0.505. The summed E-state index contributed by atoms with van der Waals surface area (Å²) in [5.74, 6) is 0.621. The van der Waals surface area contributed by atoms with Gasteiger partial charge in [0.1, 0.15) is 6.07 Å². The van der Waals surface area contributed by atoms with Crippen LogP contribution in [0.5, 0.6) is 0 Å². The van der Waals surface area contributed by atoms with Crippen LogP contribution in [0.2, 0.25) is 0 Å². The molecule has 0 atom stereocenters. The van der Waals surface area contributed by atoms with Gasteiger partial charge in [0.15, 0.2) is 5.82 Å². The molecule has 0 amide bonds. The Labute approximate surface area is 139 Å². The monoisotopic (exact) mass is 322 g/mol. The number of hydrogen-bond acceptors (Lipinski definition) is 7. The van der Waals surface area contributed by atoms with Crippen LogP contribution in [0, 0.1) is 11.3 Å². The highest BCUT2D eigenvalue weighted by Crippen LogP contribution is 2.31. The third-order valence-corrected chi connectivity index (χ3v) is 3.65. The summed E-state index contributed by atoms with van der Waals surface area (Å²) >= 11 is 0. The average molecular weight is 322 g/mol. The number of hydrogen-bond donors (Lipinski definition) is 2. The second kappa shape index (κ2) is 5.77. The van der Waals surface area contributed by atoms with Crippen LogP contribution in [0.25, 0.3) is 11.6 Å². The molecular weight excluding hydrogens is 304 g/mol. The highest BCUT2D eigenvalue weighted by molar-refractivity contribution is 5.88. The lowest BCUT2D eigenvalue weighted by atomic mass is 9.99. The molecule has 2 aromatic rings. The Kier molecular flexibility index (Phi) is 3.77. The number of anilines is 2. The van der Waals surface area contributed by atoms with Crippen molar-refractivity contribution in [3.8, 4) is 6.07 Å². The third-order valence-electron chi connectivity index (χ3n) is 3.65. The number of nitrogen functional groups attached to an aromatic ring is 1. The molecule has 0 unspecified atom stereocenters. The van der Waals surface area contributed by atoms with Gasteiger partial charge in [-0.05, 0) is 39.0 Å². The zero-order chi connectivity index (χ0) is 17.3. The van der Waals surface area contributed by atoms with Gasteiger partial charge in [0.05, 0.1) is 11.1 Å². The number of rotatable bonds is 3. The van der Waals surface area contributed by atoms with Crippen LogP contribution >= 0.6 is 0 Å². The molecule has 3 rings (SSSR count). The molecule has 3 N–H and O–H groups in total. The number of nitrogens with one attached hydrogen (secondary N) is 1. The first-order valence-corrected chi connectivity index (χ1v) is 7.50. The summed E-state index contributed by atoms with van der Waals surface area (Å²) in [5.41, 5.74) is 7.64. The molecule has 8 heteroatoms. The lowest BCUT2D eigenvalue weighted by Gasteiger charge is -2.28. The molecule has 1 aliphatic heterocycles. The Morgan fingerprint density at radius 2 is 2.21 bits per heavy atom. The van der Waals surface area contributed by atoms with E-state index in [0.29, 0.717) is 11.5 Å². The Bertz CT molecular complexity index is 855. The normalized spacial score (nSPS) is 16.8. The van der Waals surface area contributed by atoms with Crippen molar-refractivity contribution in [1.82, 2.24) is 19.9 Å². The topological polar surface area (TPSA) is 120 Å². The van der Waals surface area contributed by atoms with Crippen LogP contribution in [0.15, 0.2) is 23.4 Å². The van der Waals surface area contributed by atoms with Crippen LogP contribution in [0.3, 0.4) is 0 Å². The lowest BCUT2D eigenvalue weighted by Crippen LogP contribution is -2.37. The summed E-state index contributed by atoms with van der Waals surface area (Å²) < 4.78 is 0. The molecule has 0 aromatic carbocycles. The fourth-order valence-electron chi connectivity index (χ4n) is 2.69. The van der Waals surface area contributed by atoms with E-state index in [-0.39, 0.29) is 17.3 Å². The number of nitrogens with two attached hydrogens (primary N) is 1. The van der Waals surface area contributed by atoms with Gasteiger partial charge in [0, 0.05) is 24.0 Å². The number of aromatic amines is 1. The van der Waals surface area contributed by atoms with Crippen LogP contribution < -0.4 is 10.7 Å². The van der Waals surface area contributed by atoms with Gasteiger partial charge in [-0.25, -0.2) is 5.01 Å². The molecule has 2 aromatic heterocycles. The molecule has 24 heavy (non-hydrogen) atoms. The predicted octanol–water partition coefficient (Wildman–Crippen LogP) is 2.21. The highest BCUT2D eigenvalue weighted by atomic mass is 15.6. The summed E-state index contributed by atoms with van der Waals surface area (Å²) in [6.45, 7) is 6.05. The summed E-state index contributed by atoms with van der Waals surface area (Å²) in [6.07, 6.45) is 4.25. The van der Waals surface area contributed by atoms with Gasteiger partial charge < -0.3 is 10.7 Å². The average Bonchev–Trinajstić information content (AvgIpc) is 3.10. The van der Waals surface area contributed by atoms with E-state index in [0.717, 1.165) is 17.8 Å². The van der Waals surface area contributed by atoms with Crippen LogP contribution in [-0.4, -0.2) is 31.2 Å². The zero-order valence-electron chi connectivity index (χ0n) is 13.8. The smallest absolute Gasteiger partial charge is 0.252 e. The maximum atomic E-state index is 9.46. The minimum Gasteiger partial charge on any atom is -0.368 e. The van der Waals surface area contributed by atoms with Crippen molar-refractivity contribution in [2.75, 3.05) is 10.7 Å². The van der Waals surface area contributed by atoms with Crippen LogP contribution in [0.4, 0.5) is 11.9 Å². The molecule has 0 fully saturated rings. The van der Waals surface area contributed by atoms with E-state index in [2.05, 4.69) is 31.1 Å². The first-order chi connectivity index (χ1) is 11.4. The number of nitrogens with zero attached hydrogens (tertiary/aromatic N) is 6. The van der Waals surface area contributed by atoms with Crippen molar-refractivity contribution in [1.29, 1.82) is 5.26 Å². The Balaban J connectivity index is 2.05. The number of nitriles is 1. The Morgan fingerprint density at radius 1 is 1.42 bits per heavy atom. The quantitative estimate of drug-likeness (QED) is 0.836. The summed E-state index contributed by atoms with van der Waals surface area (Å²) in [6, 6.07) is 5.80. The Morgan fingerprint density at radius 3 is 2.79 bits per heavy atom. The number of hydrazone groups is 1. The van der Waals surface area contributed by atoms with E-state index < -0.39 is 0 Å². The Hall–Kier alpha value is -3.21. The van der Waals surface area contributed by atoms with Crippen molar-refractivity contribution < 1.29 is 0 Å². The van der Waals surface area contributed by atoms with Gasteiger partial charge in [0.25, 0.3) is 5.95 Å². The summed E-state index contributed by atoms with van der Waals surface area (Å²) in [5, 5.41) is 15.7. The number of H-pyrrole nitrogens is 1. The van der Waals surface area contributed by atoms with E-state index in [1.54, 1.807) is 17.3 Å². The molecule has 1 aliphatic rings. The second-order valence-electron chi connectivity index (χ2n) is 6.25. The van der Waals surface area contributed by atoms with Gasteiger partial charge >= 0.3 is 0 Å². The van der Waals surface area contributed by atoms with Crippen molar-refractivity contribution in [2.45, 2.75) is 32.7 Å². The fraction of sp³-hybridized carbons (Fsp3) is 0.312. The number of allylic oxidation sites excluding steroid dienone is 1. The molecule has 8 nitrogen and oxygen atoms in total. The fourth-order valence-corrected chi connectivity index (χ4v) is 2.69. The van der Waals surface area contributed by atoms with Gasteiger partial charge in [-0.2, -0.15) is 25.3 Å². The zero-order valence-corrected chi connectivity index (χ0v) is 13.8. The summed E-state index contributed by atoms with van der Waals surface area (Å²) in [4.78, 5) is 15.7. The first kappa shape index (κ1) is 15.7. The minimum absolute atomic E-state index is 0.0539. The molecule has 0 spiro atoms. The molecule has 0 bridgehead atoms. The third kappa shape index (κ3) is 2.96. The van der Waals surface area contributed by atoms with Gasteiger partial charge in [-0.15, -0.1) is 0 Å². The molecule has 0 saturated carbocycles. The first-order valence-electron chi connectivity index (χ1n) is 7.50. The SMILES string of the molecule is CC1=NN(c2nc(N)nc(/C(C#N)=C/c3ccc[nH]3)n2)C(C)(C)C1. The molecule has 3 heterocycles. The molecular formula is C16H18N8. The van der Waals surface area contributed by atoms with Gasteiger partial charge in [0.2, 0.25) is 5.95 Å². The molecule has 0 radical (unpaired) electrons. The van der Waals surface area contributed by atoms with Crippen molar-refractivity contribution in [3.05, 3.63) is 29.8 Å². The second-order valence-corrected chi connectivity index (χ2v) is 6.25. The molecule has 0 saturated heterocycles. The van der Waals surface area contributed by atoms with Crippen LogP contribution in [-0.2, 0) is 0 Å². The largest absolute Gasteiger partial charge is 0.368 e. The molecule has 0 aliphatic carbocycles. The summed E-state index contributed by atoms with van der Waals surface area (Å²) in [7, 11) is 0. The van der Waals surface area contributed by atoms with Crippen molar-refractivity contribution in [2.24, 2.45) is 5.10 Å². The highest BCUT2D eigenvalue weighted by Gasteiger charge is 2.35. The maximum Gasteiger partial charge on any atom is 0.252 e. The predicted molar refractivity (Wildman–Crippen MR) is 92.8 cm³/mol. The standard InChI is InChI=1S/C16H18N8/c1-10-8-16(2,3)24(23-10)15-21-13(20-14(18)22-15)11(9-17)7-12-5-4-6-19-12/h4-7,19H,8H2,1-3H3,(H2,18,20,21,22)/b11-7+. The maximum absolute atomic E-state index is 9.46. The minimum atomic E-state index is -0.259. The van der Waals surface area contributed by atoms with E-state index in [4.69, 9.17) is 5.73 Å². The number of aromatic nitrogens is 4. The molecule has 122 valence electrons.